The van der Waals surface area contributed by atoms with Gasteiger partial charge in [-0.1, -0.05) is 11.6 Å². The number of ether oxygens (including phenoxy) is 1. The van der Waals surface area contributed by atoms with Crippen molar-refractivity contribution in [3.05, 3.63) is 45.6 Å². The van der Waals surface area contributed by atoms with Crippen LogP contribution in [0.25, 0.3) is 0 Å². The highest BCUT2D eigenvalue weighted by Gasteiger charge is 2.19. The number of halogens is 2. The maximum atomic E-state index is 12.9. The standard InChI is InChI=1S/C14H14ClFN2O2S/c1-8(14-17-5-6-21-14)18-13(19)9(2)20-12-4-3-10(16)7-11(12)15/h3-9H,1-2H3,(H,18,19)/t8-,9+/m1/s1. The topological polar surface area (TPSA) is 51.2 Å². The van der Waals surface area contributed by atoms with Crippen molar-refractivity contribution in [2.75, 3.05) is 0 Å². The van der Waals surface area contributed by atoms with E-state index in [1.807, 2.05) is 12.3 Å². The smallest absolute Gasteiger partial charge is 0.261 e. The molecule has 0 radical (unpaired) electrons. The van der Waals surface area contributed by atoms with Crippen molar-refractivity contribution >= 4 is 28.8 Å². The van der Waals surface area contributed by atoms with Crippen molar-refractivity contribution in [1.82, 2.24) is 10.3 Å². The summed E-state index contributed by atoms with van der Waals surface area (Å²) < 4.78 is 18.4. The van der Waals surface area contributed by atoms with Crippen LogP contribution in [0.3, 0.4) is 0 Å². The van der Waals surface area contributed by atoms with Gasteiger partial charge in [-0.15, -0.1) is 11.3 Å². The van der Waals surface area contributed by atoms with Crippen LogP contribution in [-0.4, -0.2) is 17.0 Å². The Morgan fingerprint density at radius 2 is 2.24 bits per heavy atom. The van der Waals surface area contributed by atoms with Crippen LogP contribution < -0.4 is 10.1 Å². The molecule has 0 saturated heterocycles. The zero-order chi connectivity index (χ0) is 15.4. The molecular weight excluding hydrogens is 315 g/mol. The molecule has 2 atom stereocenters. The lowest BCUT2D eigenvalue weighted by Crippen LogP contribution is -2.37. The summed E-state index contributed by atoms with van der Waals surface area (Å²) in [6, 6.07) is 3.56. The fraction of sp³-hybridized carbons (Fsp3) is 0.286. The van der Waals surface area contributed by atoms with Gasteiger partial charge in [0.15, 0.2) is 6.10 Å². The van der Waals surface area contributed by atoms with Gasteiger partial charge in [0.1, 0.15) is 16.6 Å². The molecule has 0 fully saturated rings. The van der Waals surface area contributed by atoms with E-state index in [0.29, 0.717) is 0 Å². The summed E-state index contributed by atoms with van der Waals surface area (Å²) in [7, 11) is 0. The average molecular weight is 329 g/mol. The molecule has 21 heavy (non-hydrogen) atoms. The normalized spacial score (nSPS) is 13.5. The number of amides is 1. The number of nitrogens with zero attached hydrogens (tertiary/aromatic N) is 1. The number of carbonyl (C=O) groups excluding carboxylic acids is 1. The highest BCUT2D eigenvalue weighted by atomic mass is 35.5. The van der Waals surface area contributed by atoms with Crippen molar-refractivity contribution in [3.8, 4) is 5.75 Å². The van der Waals surface area contributed by atoms with Crippen molar-refractivity contribution in [2.24, 2.45) is 0 Å². The van der Waals surface area contributed by atoms with E-state index < -0.39 is 11.9 Å². The van der Waals surface area contributed by atoms with Crippen LogP contribution in [0.1, 0.15) is 24.9 Å². The van der Waals surface area contributed by atoms with E-state index in [4.69, 9.17) is 16.3 Å². The maximum Gasteiger partial charge on any atom is 0.261 e. The number of hydrogen-bond acceptors (Lipinski definition) is 4. The summed E-state index contributed by atoms with van der Waals surface area (Å²) in [5, 5.41) is 5.59. The van der Waals surface area contributed by atoms with Crippen LogP contribution in [0.2, 0.25) is 5.02 Å². The number of hydrogen-bond donors (Lipinski definition) is 1. The van der Waals surface area contributed by atoms with E-state index in [1.165, 1.54) is 23.5 Å². The number of thiazole rings is 1. The molecule has 0 aliphatic rings. The second-order valence-corrected chi connectivity index (χ2v) is 5.77. The molecular formula is C14H14ClFN2O2S. The fourth-order valence-electron chi connectivity index (χ4n) is 1.66. The average Bonchev–Trinajstić information content (AvgIpc) is 2.95. The lowest BCUT2D eigenvalue weighted by atomic mass is 10.3. The maximum absolute atomic E-state index is 12.9. The van der Waals surface area contributed by atoms with Gasteiger partial charge in [0.25, 0.3) is 5.91 Å². The largest absolute Gasteiger partial charge is 0.479 e. The third-order valence-corrected chi connectivity index (χ3v) is 4.00. The van der Waals surface area contributed by atoms with Crippen LogP contribution in [0.15, 0.2) is 29.8 Å². The Kier molecular flexibility index (Phi) is 5.14. The van der Waals surface area contributed by atoms with Gasteiger partial charge in [-0.2, -0.15) is 0 Å². The summed E-state index contributed by atoms with van der Waals surface area (Å²) in [4.78, 5) is 16.2. The highest BCUT2D eigenvalue weighted by Crippen LogP contribution is 2.26. The number of benzene rings is 1. The quantitative estimate of drug-likeness (QED) is 0.912. The van der Waals surface area contributed by atoms with E-state index in [-0.39, 0.29) is 22.7 Å². The van der Waals surface area contributed by atoms with Gasteiger partial charge in [0.05, 0.1) is 11.1 Å². The van der Waals surface area contributed by atoms with Gasteiger partial charge >= 0.3 is 0 Å². The van der Waals surface area contributed by atoms with E-state index in [9.17, 15) is 9.18 Å². The molecule has 0 saturated carbocycles. The predicted octanol–water partition coefficient (Wildman–Crippen LogP) is 3.58. The Hall–Kier alpha value is -1.66. The first-order valence-electron chi connectivity index (χ1n) is 6.29. The molecule has 2 aromatic rings. The SMILES string of the molecule is C[C@H](Oc1ccc(F)cc1Cl)C(=O)N[C@H](C)c1nccs1. The fourth-order valence-corrected chi connectivity index (χ4v) is 2.51. The zero-order valence-corrected chi connectivity index (χ0v) is 13.0. The van der Waals surface area contributed by atoms with Gasteiger partial charge in [0, 0.05) is 11.6 Å². The molecule has 7 heteroatoms. The van der Waals surface area contributed by atoms with Crippen LogP contribution >= 0.6 is 22.9 Å². The minimum atomic E-state index is -0.754. The Bertz CT molecular complexity index is 621. The van der Waals surface area contributed by atoms with Crippen molar-refractivity contribution in [1.29, 1.82) is 0 Å². The van der Waals surface area contributed by atoms with Gasteiger partial charge in [-0.25, -0.2) is 9.37 Å². The van der Waals surface area contributed by atoms with Gasteiger partial charge in [0.2, 0.25) is 0 Å². The first kappa shape index (κ1) is 15.7. The Balaban J connectivity index is 1.96. The lowest BCUT2D eigenvalue weighted by molar-refractivity contribution is -0.127. The van der Waals surface area contributed by atoms with Gasteiger partial charge in [-0.05, 0) is 32.0 Å². The molecule has 2 rings (SSSR count). The molecule has 1 amide bonds. The van der Waals surface area contributed by atoms with E-state index in [0.717, 1.165) is 11.1 Å². The summed E-state index contributed by atoms with van der Waals surface area (Å²) in [6.07, 6.45) is 0.927. The van der Waals surface area contributed by atoms with Crippen LogP contribution in [-0.2, 0) is 4.79 Å². The molecule has 1 aromatic heterocycles. The summed E-state index contributed by atoms with van der Waals surface area (Å²) in [5.41, 5.74) is 0. The number of nitrogens with one attached hydrogen (secondary N) is 1. The number of rotatable bonds is 5. The molecule has 1 aromatic carbocycles. The molecule has 1 heterocycles. The number of aromatic nitrogens is 1. The Labute approximate surface area is 130 Å². The second-order valence-electron chi connectivity index (χ2n) is 4.44. The van der Waals surface area contributed by atoms with Gasteiger partial charge in [-0.3, -0.25) is 4.79 Å². The third kappa shape index (κ3) is 4.15. The molecule has 0 spiro atoms. The summed E-state index contributed by atoms with van der Waals surface area (Å²) >= 11 is 7.32. The number of carbonyl (C=O) groups is 1. The van der Waals surface area contributed by atoms with E-state index >= 15 is 0 Å². The Morgan fingerprint density at radius 3 is 2.86 bits per heavy atom. The van der Waals surface area contributed by atoms with E-state index in [2.05, 4.69) is 10.3 Å². The predicted molar refractivity (Wildman–Crippen MR) is 80.2 cm³/mol. The van der Waals surface area contributed by atoms with Crippen LogP contribution in [0, 0.1) is 5.82 Å². The third-order valence-electron chi connectivity index (χ3n) is 2.75. The Morgan fingerprint density at radius 1 is 1.48 bits per heavy atom. The minimum Gasteiger partial charge on any atom is -0.479 e. The molecule has 0 aliphatic heterocycles. The van der Waals surface area contributed by atoms with Crippen molar-refractivity contribution < 1.29 is 13.9 Å². The van der Waals surface area contributed by atoms with Crippen LogP contribution in [0.5, 0.6) is 5.75 Å². The van der Waals surface area contributed by atoms with Crippen molar-refractivity contribution in [3.63, 3.8) is 0 Å². The molecule has 112 valence electrons. The van der Waals surface area contributed by atoms with Crippen molar-refractivity contribution in [2.45, 2.75) is 26.0 Å². The molecule has 0 aliphatic carbocycles. The summed E-state index contributed by atoms with van der Waals surface area (Å²) in [6.45, 7) is 3.44. The molecule has 4 nitrogen and oxygen atoms in total. The lowest BCUT2D eigenvalue weighted by Gasteiger charge is -2.18. The first-order valence-corrected chi connectivity index (χ1v) is 7.54. The minimum absolute atomic E-state index is 0.127. The first-order chi connectivity index (χ1) is 9.97. The second kappa shape index (κ2) is 6.87. The monoisotopic (exact) mass is 328 g/mol. The highest BCUT2D eigenvalue weighted by molar-refractivity contribution is 7.09. The van der Waals surface area contributed by atoms with E-state index in [1.54, 1.807) is 13.1 Å². The van der Waals surface area contributed by atoms with Crippen LogP contribution in [0.4, 0.5) is 4.39 Å². The molecule has 0 unspecified atom stereocenters. The van der Waals surface area contributed by atoms with Gasteiger partial charge < -0.3 is 10.1 Å². The molecule has 1 N–H and O–H groups in total. The summed E-state index contributed by atoms with van der Waals surface area (Å²) in [5.74, 6) is -0.484. The zero-order valence-electron chi connectivity index (χ0n) is 11.5. The molecule has 0 bridgehead atoms.